The fraction of sp³-hybridized carbons (Fsp3) is 0.545. The summed E-state index contributed by atoms with van der Waals surface area (Å²) in [4.78, 5) is 21.9. The van der Waals surface area contributed by atoms with E-state index in [4.69, 9.17) is 9.72 Å². The maximum Gasteiger partial charge on any atom is 0.271 e. The number of hydrogen-bond acceptors (Lipinski definition) is 10. The maximum absolute atomic E-state index is 12.5. The van der Waals surface area contributed by atoms with Crippen molar-refractivity contribution in [2.24, 2.45) is 0 Å². The number of carbonyl (C=O) groups is 1. The summed E-state index contributed by atoms with van der Waals surface area (Å²) < 4.78 is 10.7. The molecular weight excluding hydrogens is 460 g/mol. The Morgan fingerprint density at radius 1 is 1.18 bits per heavy atom. The summed E-state index contributed by atoms with van der Waals surface area (Å²) in [6.45, 7) is 3.25. The second kappa shape index (κ2) is 9.49. The second-order valence-electron chi connectivity index (χ2n) is 9.01. The summed E-state index contributed by atoms with van der Waals surface area (Å²) in [7, 11) is 0. The molecule has 5 rings (SSSR count). The highest BCUT2D eigenvalue weighted by Gasteiger charge is 2.29. The van der Waals surface area contributed by atoms with Crippen molar-refractivity contribution >= 4 is 55.8 Å². The topological polar surface area (TPSA) is 121 Å². The molecule has 0 radical (unpaired) electrons. The first kappa shape index (κ1) is 22.5. The number of thiophene rings is 1. The van der Waals surface area contributed by atoms with E-state index in [1.54, 1.807) is 17.4 Å². The van der Waals surface area contributed by atoms with Crippen LogP contribution in [0.3, 0.4) is 0 Å². The monoisotopic (exact) mass is 488 g/mol. The van der Waals surface area contributed by atoms with Crippen LogP contribution >= 0.6 is 22.9 Å². The zero-order valence-corrected chi connectivity index (χ0v) is 20.1. The van der Waals surface area contributed by atoms with Gasteiger partial charge < -0.3 is 25.8 Å². The van der Waals surface area contributed by atoms with Gasteiger partial charge in [0.2, 0.25) is 5.95 Å². The van der Waals surface area contributed by atoms with Gasteiger partial charge in [0.05, 0.1) is 15.8 Å². The minimum atomic E-state index is -0.574. The molecule has 0 aromatic carbocycles. The van der Waals surface area contributed by atoms with E-state index in [2.05, 4.69) is 25.3 Å². The highest BCUT2D eigenvalue weighted by Crippen LogP contribution is 2.33. The second-order valence-corrected chi connectivity index (χ2v) is 10.7. The van der Waals surface area contributed by atoms with Gasteiger partial charge >= 0.3 is 0 Å². The average Bonchev–Trinajstić information content (AvgIpc) is 3.46. The smallest absolute Gasteiger partial charge is 0.271 e. The predicted octanol–water partition coefficient (Wildman–Crippen LogP) is 3.91. The Morgan fingerprint density at radius 3 is 2.76 bits per heavy atom. The molecule has 1 saturated carbocycles. The van der Waals surface area contributed by atoms with Gasteiger partial charge in [-0.15, -0.1) is 11.3 Å². The van der Waals surface area contributed by atoms with E-state index >= 15 is 0 Å². The SMILES string of the molecule is C[C@]1(O)CC[C@H](Nc2nc(Nc3cc(C(=O)NC4CCOCC4)ns3)nc3ccsc23)CC1. The zero-order valence-electron chi connectivity index (χ0n) is 18.5. The molecule has 11 heteroatoms. The van der Waals surface area contributed by atoms with E-state index in [-0.39, 0.29) is 18.0 Å². The van der Waals surface area contributed by atoms with Crippen LogP contribution in [0.2, 0.25) is 0 Å². The number of anilines is 3. The van der Waals surface area contributed by atoms with Gasteiger partial charge in [-0.2, -0.15) is 9.36 Å². The van der Waals surface area contributed by atoms with Crippen molar-refractivity contribution in [3.05, 3.63) is 23.2 Å². The molecular formula is C22H28N6O3S2. The molecule has 4 heterocycles. The molecule has 1 aliphatic heterocycles. The van der Waals surface area contributed by atoms with Crippen LogP contribution < -0.4 is 16.0 Å². The van der Waals surface area contributed by atoms with E-state index in [1.807, 2.05) is 18.4 Å². The lowest BCUT2D eigenvalue weighted by Crippen LogP contribution is -2.38. The van der Waals surface area contributed by atoms with Crippen LogP contribution in [0.5, 0.6) is 0 Å². The van der Waals surface area contributed by atoms with Crippen molar-refractivity contribution in [1.29, 1.82) is 0 Å². The summed E-state index contributed by atoms with van der Waals surface area (Å²) in [5.41, 5.74) is 0.679. The van der Waals surface area contributed by atoms with Crippen molar-refractivity contribution in [2.75, 3.05) is 23.8 Å². The standard InChI is InChI=1S/C22H28N6O3S2/c1-22(30)7-2-13(3-8-22)23-19-18-15(6-11-32-18)25-21(27-19)26-17-12-16(28-33-17)20(29)24-14-4-9-31-10-5-14/h6,11-14,30H,2-5,7-10H2,1H3,(H,24,29)(H2,23,25,26,27)/t13-,22-. The molecule has 2 aliphatic rings. The molecule has 1 amide bonds. The quantitative estimate of drug-likeness (QED) is 0.412. The Labute approximate surface area is 200 Å². The van der Waals surface area contributed by atoms with Crippen LogP contribution in [0, 0.1) is 0 Å². The molecule has 0 atom stereocenters. The fourth-order valence-electron chi connectivity index (χ4n) is 4.25. The Hall–Kier alpha value is -2.34. The Bertz CT molecular complexity index is 1110. The number of nitrogens with zero attached hydrogens (tertiary/aromatic N) is 3. The zero-order chi connectivity index (χ0) is 22.8. The van der Waals surface area contributed by atoms with Crippen LogP contribution in [-0.4, -0.2) is 56.3 Å². The molecule has 0 spiro atoms. The summed E-state index contributed by atoms with van der Waals surface area (Å²) in [5.74, 6) is 1.09. The van der Waals surface area contributed by atoms with E-state index in [0.29, 0.717) is 29.9 Å². The van der Waals surface area contributed by atoms with Gasteiger partial charge in [0.15, 0.2) is 0 Å². The van der Waals surface area contributed by atoms with E-state index in [0.717, 1.165) is 54.6 Å². The molecule has 176 valence electrons. The third-order valence-electron chi connectivity index (χ3n) is 6.24. The molecule has 1 aliphatic carbocycles. The third-order valence-corrected chi connectivity index (χ3v) is 7.86. The number of aliphatic hydroxyl groups is 1. The lowest BCUT2D eigenvalue weighted by Gasteiger charge is -2.33. The molecule has 0 unspecified atom stereocenters. The number of aromatic nitrogens is 3. The molecule has 2 fully saturated rings. The van der Waals surface area contributed by atoms with E-state index in [9.17, 15) is 9.90 Å². The van der Waals surface area contributed by atoms with Gasteiger partial charge in [0.25, 0.3) is 5.91 Å². The molecule has 1 saturated heterocycles. The van der Waals surface area contributed by atoms with Gasteiger partial charge in [-0.05, 0) is 68.4 Å². The Balaban J connectivity index is 1.28. The van der Waals surface area contributed by atoms with Crippen molar-refractivity contribution in [3.8, 4) is 0 Å². The Kier molecular flexibility index (Phi) is 6.46. The number of amides is 1. The highest BCUT2D eigenvalue weighted by atomic mass is 32.1. The van der Waals surface area contributed by atoms with Crippen LogP contribution in [0.15, 0.2) is 17.5 Å². The summed E-state index contributed by atoms with van der Waals surface area (Å²) in [6, 6.07) is 4.10. The first-order valence-corrected chi connectivity index (χ1v) is 13.0. The van der Waals surface area contributed by atoms with Gasteiger partial charge in [0.1, 0.15) is 16.5 Å². The Morgan fingerprint density at radius 2 is 1.97 bits per heavy atom. The molecule has 0 bridgehead atoms. The average molecular weight is 489 g/mol. The predicted molar refractivity (Wildman–Crippen MR) is 131 cm³/mol. The summed E-state index contributed by atoms with van der Waals surface area (Å²) in [5, 5.41) is 22.8. The minimum Gasteiger partial charge on any atom is -0.390 e. The first-order valence-electron chi connectivity index (χ1n) is 11.3. The third kappa shape index (κ3) is 5.43. The number of carbonyl (C=O) groups excluding carboxylic acids is 1. The van der Waals surface area contributed by atoms with Gasteiger partial charge in [-0.1, -0.05) is 0 Å². The van der Waals surface area contributed by atoms with Crippen molar-refractivity contribution in [3.63, 3.8) is 0 Å². The van der Waals surface area contributed by atoms with Crippen molar-refractivity contribution < 1.29 is 14.6 Å². The number of fused-ring (bicyclic) bond motifs is 1. The first-order chi connectivity index (χ1) is 15.9. The lowest BCUT2D eigenvalue weighted by molar-refractivity contribution is 0.0196. The van der Waals surface area contributed by atoms with Gasteiger partial charge in [-0.3, -0.25) is 4.79 Å². The van der Waals surface area contributed by atoms with Gasteiger partial charge in [-0.25, -0.2) is 4.98 Å². The molecule has 9 nitrogen and oxygen atoms in total. The van der Waals surface area contributed by atoms with Crippen LogP contribution in [0.4, 0.5) is 16.8 Å². The molecule has 3 aromatic heterocycles. The summed E-state index contributed by atoms with van der Waals surface area (Å²) in [6.07, 6.45) is 4.98. The molecule has 33 heavy (non-hydrogen) atoms. The summed E-state index contributed by atoms with van der Waals surface area (Å²) >= 11 is 2.82. The van der Waals surface area contributed by atoms with Crippen molar-refractivity contribution in [1.82, 2.24) is 19.7 Å². The van der Waals surface area contributed by atoms with Crippen LogP contribution in [0.25, 0.3) is 10.2 Å². The van der Waals surface area contributed by atoms with Crippen LogP contribution in [0.1, 0.15) is 55.9 Å². The minimum absolute atomic E-state index is 0.130. The normalized spacial score (nSPS) is 24.0. The molecule has 4 N–H and O–H groups in total. The number of rotatable bonds is 6. The number of hydrogen-bond donors (Lipinski definition) is 4. The molecule has 3 aromatic rings. The van der Waals surface area contributed by atoms with Gasteiger partial charge in [0, 0.05) is 31.4 Å². The maximum atomic E-state index is 12.5. The fourth-order valence-corrected chi connectivity index (χ4v) is 5.66. The van der Waals surface area contributed by atoms with E-state index in [1.165, 1.54) is 11.5 Å². The number of ether oxygens (including phenoxy) is 1. The van der Waals surface area contributed by atoms with E-state index < -0.39 is 5.60 Å². The van der Waals surface area contributed by atoms with Crippen molar-refractivity contribution in [2.45, 2.75) is 63.1 Å². The lowest BCUT2D eigenvalue weighted by atomic mass is 9.84. The highest BCUT2D eigenvalue weighted by molar-refractivity contribution is 7.17. The number of nitrogens with one attached hydrogen (secondary N) is 3. The van der Waals surface area contributed by atoms with Crippen LogP contribution in [-0.2, 0) is 4.74 Å². The largest absolute Gasteiger partial charge is 0.390 e.